The number of halogens is 1. The van der Waals surface area contributed by atoms with Crippen LogP contribution in [0.4, 0.5) is 0 Å². The molecule has 0 unspecified atom stereocenters. The van der Waals surface area contributed by atoms with E-state index in [1.807, 2.05) is 30.3 Å². The van der Waals surface area contributed by atoms with Crippen LogP contribution < -0.4 is 5.32 Å². The van der Waals surface area contributed by atoms with Gasteiger partial charge in [-0.3, -0.25) is 4.79 Å². The van der Waals surface area contributed by atoms with Gasteiger partial charge in [0.25, 0.3) is 5.91 Å². The minimum atomic E-state index is -0.165. The number of carbonyl (C=O) groups excluding carboxylic acids is 1. The molecule has 2 rings (SSSR count). The Labute approximate surface area is 108 Å². The van der Waals surface area contributed by atoms with Gasteiger partial charge in [0.05, 0.1) is 0 Å². The smallest absolute Gasteiger partial charge is 0.270 e. The molecule has 0 atom stereocenters. The highest BCUT2D eigenvalue weighted by molar-refractivity contribution is 9.10. The average molecular weight is 291 g/mol. The van der Waals surface area contributed by atoms with Crippen molar-refractivity contribution in [2.24, 2.45) is 0 Å². The summed E-state index contributed by atoms with van der Waals surface area (Å²) in [6.45, 7) is 0.511. The highest BCUT2D eigenvalue weighted by atomic mass is 79.9. The van der Waals surface area contributed by atoms with Gasteiger partial charge in [0, 0.05) is 17.2 Å². The number of carbonyl (C=O) groups is 1. The van der Waals surface area contributed by atoms with Crippen molar-refractivity contribution in [3.63, 3.8) is 0 Å². The molecule has 0 saturated carbocycles. The fourth-order valence-corrected chi connectivity index (χ4v) is 1.61. The third-order valence-corrected chi connectivity index (χ3v) is 2.73. The maximum Gasteiger partial charge on any atom is 0.270 e. The molecule has 0 radical (unpaired) electrons. The first-order valence-corrected chi connectivity index (χ1v) is 5.99. The number of pyridine rings is 1. The van der Waals surface area contributed by atoms with Crippen molar-refractivity contribution in [1.82, 2.24) is 10.3 Å². The van der Waals surface area contributed by atoms with E-state index in [1.165, 1.54) is 0 Å². The highest BCUT2D eigenvalue weighted by Crippen LogP contribution is 2.07. The van der Waals surface area contributed by atoms with Crippen LogP contribution in [0.2, 0.25) is 0 Å². The van der Waals surface area contributed by atoms with Crippen molar-refractivity contribution in [3.8, 4) is 0 Å². The summed E-state index contributed by atoms with van der Waals surface area (Å²) >= 11 is 3.28. The first-order valence-electron chi connectivity index (χ1n) is 5.19. The maximum atomic E-state index is 11.7. The fourth-order valence-electron chi connectivity index (χ4n) is 1.38. The largest absolute Gasteiger partial charge is 0.347 e. The molecular formula is C13H11BrN2O. The lowest BCUT2D eigenvalue weighted by molar-refractivity contribution is 0.0946. The molecule has 1 amide bonds. The summed E-state index contributed by atoms with van der Waals surface area (Å²) in [6, 6.07) is 13.2. The zero-order chi connectivity index (χ0) is 12.1. The minimum absolute atomic E-state index is 0.165. The fraction of sp³-hybridized carbons (Fsp3) is 0.0769. The molecule has 0 fully saturated rings. The third kappa shape index (κ3) is 3.39. The molecule has 0 saturated heterocycles. The molecular weight excluding hydrogens is 280 g/mol. The number of benzene rings is 1. The lowest BCUT2D eigenvalue weighted by Crippen LogP contribution is -2.23. The second-order valence-corrected chi connectivity index (χ2v) is 4.45. The molecule has 1 N–H and O–H groups in total. The number of hydrogen-bond acceptors (Lipinski definition) is 2. The van der Waals surface area contributed by atoms with E-state index in [0.717, 1.165) is 10.0 Å². The standard InChI is InChI=1S/C13H11BrN2O/c14-11-6-7-12(15-9-11)13(17)16-8-10-4-2-1-3-5-10/h1-7,9H,8H2,(H,16,17). The van der Waals surface area contributed by atoms with Gasteiger partial charge in [0.1, 0.15) is 5.69 Å². The first kappa shape index (κ1) is 11.8. The molecule has 3 nitrogen and oxygen atoms in total. The Morgan fingerprint density at radius 2 is 1.94 bits per heavy atom. The van der Waals surface area contributed by atoms with E-state index in [4.69, 9.17) is 0 Å². The Bertz CT molecular complexity index is 497. The molecule has 0 aliphatic heterocycles. The zero-order valence-corrected chi connectivity index (χ0v) is 10.6. The van der Waals surface area contributed by atoms with E-state index in [-0.39, 0.29) is 5.91 Å². The second kappa shape index (κ2) is 5.59. The predicted molar refractivity (Wildman–Crippen MR) is 69.5 cm³/mol. The van der Waals surface area contributed by atoms with Crippen LogP contribution in [0.3, 0.4) is 0 Å². The van der Waals surface area contributed by atoms with Crippen LogP contribution in [-0.4, -0.2) is 10.9 Å². The molecule has 0 aliphatic rings. The average Bonchev–Trinajstić information content (AvgIpc) is 2.38. The summed E-state index contributed by atoms with van der Waals surface area (Å²) in [7, 11) is 0. The van der Waals surface area contributed by atoms with Crippen molar-refractivity contribution < 1.29 is 4.79 Å². The van der Waals surface area contributed by atoms with Gasteiger partial charge in [-0.2, -0.15) is 0 Å². The molecule has 1 heterocycles. The Balaban J connectivity index is 1.96. The van der Waals surface area contributed by atoms with E-state index in [9.17, 15) is 4.79 Å². The number of hydrogen-bond donors (Lipinski definition) is 1. The molecule has 2 aromatic rings. The van der Waals surface area contributed by atoms with E-state index in [0.29, 0.717) is 12.2 Å². The van der Waals surface area contributed by atoms with Crippen molar-refractivity contribution in [3.05, 3.63) is 64.4 Å². The lowest BCUT2D eigenvalue weighted by atomic mass is 10.2. The summed E-state index contributed by atoms with van der Waals surface area (Å²) in [5, 5.41) is 2.82. The number of nitrogens with zero attached hydrogens (tertiary/aromatic N) is 1. The maximum absolute atomic E-state index is 11.7. The molecule has 0 bridgehead atoms. The van der Waals surface area contributed by atoms with E-state index in [2.05, 4.69) is 26.2 Å². The predicted octanol–water partition coefficient (Wildman–Crippen LogP) is 2.77. The molecule has 0 spiro atoms. The van der Waals surface area contributed by atoms with Crippen molar-refractivity contribution in [2.75, 3.05) is 0 Å². The monoisotopic (exact) mass is 290 g/mol. The van der Waals surface area contributed by atoms with E-state index in [1.54, 1.807) is 18.3 Å². The van der Waals surface area contributed by atoms with Gasteiger partial charge >= 0.3 is 0 Å². The second-order valence-electron chi connectivity index (χ2n) is 3.53. The van der Waals surface area contributed by atoms with Crippen LogP contribution in [0.15, 0.2) is 53.1 Å². The summed E-state index contributed by atoms with van der Waals surface area (Å²) in [5.41, 5.74) is 1.49. The van der Waals surface area contributed by atoms with Crippen LogP contribution in [0, 0.1) is 0 Å². The number of amides is 1. The highest BCUT2D eigenvalue weighted by Gasteiger charge is 2.05. The number of nitrogens with one attached hydrogen (secondary N) is 1. The van der Waals surface area contributed by atoms with Gasteiger partial charge in [-0.25, -0.2) is 4.98 Å². The Morgan fingerprint density at radius 1 is 1.18 bits per heavy atom. The minimum Gasteiger partial charge on any atom is -0.347 e. The topological polar surface area (TPSA) is 42.0 Å². The zero-order valence-electron chi connectivity index (χ0n) is 9.06. The Hall–Kier alpha value is -1.68. The van der Waals surface area contributed by atoms with Crippen LogP contribution in [0.5, 0.6) is 0 Å². The van der Waals surface area contributed by atoms with Crippen LogP contribution in [0.1, 0.15) is 16.1 Å². The first-order chi connectivity index (χ1) is 8.25. The molecule has 1 aromatic heterocycles. The summed E-state index contributed by atoms with van der Waals surface area (Å²) < 4.78 is 0.858. The summed E-state index contributed by atoms with van der Waals surface area (Å²) in [6.07, 6.45) is 1.61. The summed E-state index contributed by atoms with van der Waals surface area (Å²) in [4.78, 5) is 15.8. The van der Waals surface area contributed by atoms with Crippen LogP contribution in [0.25, 0.3) is 0 Å². The Morgan fingerprint density at radius 3 is 2.59 bits per heavy atom. The van der Waals surface area contributed by atoms with E-state index < -0.39 is 0 Å². The lowest BCUT2D eigenvalue weighted by Gasteiger charge is -2.04. The van der Waals surface area contributed by atoms with Crippen molar-refractivity contribution in [2.45, 2.75) is 6.54 Å². The normalized spacial score (nSPS) is 9.94. The van der Waals surface area contributed by atoms with Gasteiger partial charge in [-0.1, -0.05) is 30.3 Å². The number of aromatic nitrogens is 1. The number of rotatable bonds is 3. The van der Waals surface area contributed by atoms with Crippen LogP contribution in [-0.2, 0) is 6.54 Å². The molecule has 0 aliphatic carbocycles. The molecule has 17 heavy (non-hydrogen) atoms. The van der Waals surface area contributed by atoms with Gasteiger partial charge in [0.15, 0.2) is 0 Å². The van der Waals surface area contributed by atoms with Gasteiger partial charge in [0.2, 0.25) is 0 Å². The Kier molecular flexibility index (Phi) is 3.88. The van der Waals surface area contributed by atoms with Crippen molar-refractivity contribution >= 4 is 21.8 Å². The molecule has 1 aromatic carbocycles. The van der Waals surface area contributed by atoms with Gasteiger partial charge in [-0.05, 0) is 33.6 Å². The molecule has 86 valence electrons. The SMILES string of the molecule is O=C(NCc1ccccc1)c1ccc(Br)cn1. The third-order valence-electron chi connectivity index (χ3n) is 2.26. The summed E-state index contributed by atoms with van der Waals surface area (Å²) in [5.74, 6) is -0.165. The van der Waals surface area contributed by atoms with Crippen LogP contribution >= 0.6 is 15.9 Å². The van der Waals surface area contributed by atoms with Crippen molar-refractivity contribution in [1.29, 1.82) is 0 Å². The van der Waals surface area contributed by atoms with E-state index >= 15 is 0 Å². The molecule has 4 heteroatoms. The quantitative estimate of drug-likeness (QED) is 0.944. The van der Waals surface area contributed by atoms with Gasteiger partial charge < -0.3 is 5.32 Å². The van der Waals surface area contributed by atoms with Gasteiger partial charge in [-0.15, -0.1) is 0 Å².